The van der Waals surface area contributed by atoms with Gasteiger partial charge in [-0.3, -0.25) is 24.8 Å². The molecule has 0 bridgehead atoms. The summed E-state index contributed by atoms with van der Waals surface area (Å²) in [6, 6.07) is 7.13. The van der Waals surface area contributed by atoms with E-state index in [-0.39, 0.29) is 16.5 Å². The number of nitro groups is 1. The average molecular weight is 433 g/mol. The third kappa shape index (κ3) is 8.92. The second-order valence-corrected chi connectivity index (χ2v) is 8.12. The SMILES string of the molecule is CCNC(=NCCCCc1ccc([N+](=O)[O-])cc1)NC1CCN(CC(=O)N(C)C)CC1. The molecule has 1 amide bonds. The van der Waals surface area contributed by atoms with Crippen LogP contribution in [0.25, 0.3) is 0 Å². The molecule has 0 atom stereocenters. The summed E-state index contributed by atoms with van der Waals surface area (Å²) >= 11 is 0. The number of piperidine rings is 1. The summed E-state index contributed by atoms with van der Waals surface area (Å²) in [5, 5.41) is 17.6. The Morgan fingerprint density at radius 2 is 1.90 bits per heavy atom. The van der Waals surface area contributed by atoms with E-state index in [1.807, 2.05) is 12.1 Å². The maximum absolute atomic E-state index is 11.9. The number of hydrogen-bond donors (Lipinski definition) is 2. The van der Waals surface area contributed by atoms with Gasteiger partial charge in [0.15, 0.2) is 5.96 Å². The van der Waals surface area contributed by atoms with Gasteiger partial charge in [-0.05, 0) is 44.6 Å². The van der Waals surface area contributed by atoms with E-state index in [2.05, 4.69) is 22.5 Å². The van der Waals surface area contributed by atoms with Gasteiger partial charge in [-0.25, -0.2) is 0 Å². The molecule has 1 fully saturated rings. The van der Waals surface area contributed by atoms with Crippen LogP contribution in [0.15, 0.2) is 29.3 Å². The minimum atomic E-state index is -0.374. The van der Waals surface area contributed by atoms with Crippen LogP contribution in [0.1, 0.15) is 38.2 Å². The molecule has 1 saturated heterocycles. The van der Waals surface area contributed by atoms with E-state index in [0.717, 1.165) is 69.8 Å². The number of nitrogens with zero attached hydrogens (tertiary/aromatic N) is 4. The molecule has 0 unspecified atom stereocenters. The second kappa shape index (κ2) is 12.9. The number of carbonyl (C=O) groups is 1. The molecule has 31 heavy (non-hydrogen) atoms. The average Bonchev–Trinajstić information content (AvgIpc) is 2.75. The molecular weight excluding hydrogens is 396 g/mol. The number of nitrogens with one attached hydrogen (secondary N) is 2. The minimum absolute atomic E-state index is 0.129. The molecule has 9 heteroatoms. The molecule has 9 nitrogen and oxygen atoms in total. The van der Waals surface area contributed by atoms with Gasteiger partial charge in [0, 0.05) is 58.4 Å². The van der Waals surface area contributed by atoms with Crippen molar-refractivity contribution in [1.29, 1.82) is 0 Å². The highest BCUT2D eigenvalue weighted by Crippen LogP contribution is 2.14. The van der Waals surface area contributed by atoms with Crippen molar-refractivity contribution in [2.24, 2.45) is 4.99 Å². The zero-order valence-electron chi connectivity index (χ0n) is 19.0. The molecule has 1 aliphatic rings. The summed E-state index contributed by atoms with van der Waals surface area (Å²) in [6.45, 7) is 5.91. The van der Waals surface area contributed by atoms with Crippen molar-refractivity contribution in [1.82, 2.24) is 20.4 Å². The van der Waals surface area contributed by atoms with Gasteiger partial charge in [-0.1, -0.05) is 12.1 Å². The van der Waals surface area contributed by atoms with Crippen molar-refractivity contribution >= 4 is 17.6 Å². The van der Waals surface area contributed by atoms with Crippen molar-refractivity contribution in [2.75, 3.05) is 46.8 Å². The zero-order valence-corrected chi connectivity index (χ0v) is 19.0. The van der Waals surface area contributed by atoms with Gasteiger partial charge in [0.1, 0.15) is 0 Å². The number of rotatable bonds is 10. The van der Waals surface area contributed by atoms with Crippen LogP contribution in [0, 0.1) is 10.1 Å². The Kier molecular flexibility index (Phi) is 10.2. The molecule has 172 valence electrons. The zero-order chi connectivity index (χ0) is 22.6. The van der Waals surface area contributed by atoms with Crippen LogP contribution in [0.2, 0.25) is 0 Å². The van der Waals surface area contributed by atoms with Crippen LogP contribution < -0.4 is 10.6 Å². The first-order valence-corrected chi connectivity index (χ1v) is 11.1. The van der Waals surface area contributed by atoms with E-state index in [9.17, 15) is 14.9 Å². The minimum Gasteiger partial charge on any atom is -0.357 e. The van der Waals surface area contributed by atoms with E-state index < -0.39 is 0 Å². The summed E-state index contributed by atoms with van der Waals surface area (Å²) in [6.07, 6.45) is 4.82. The lowest BCUT2D eigenvalue weighted by molar-refractivity contribution is -0.384. The maximum Gasteiger partial charge on any atom is 0.269 e. The van der Waals surface area contributed by atoms with Crippen LogP contribution in [-0.4, -0.2) is 79.5 Å². The monoisotopic (exact) mass is 432 g/mol. The fourth-order valence-electron chi connectivity index (χ4n) is 3.50. The van der Waals surface area contributed by atoms with Crippen molar-refractivity contribution in [3.05, 3.63) is 39.9 Å². The number of unbranched alkanes of at least 4 members (excludes halogenated alkanes) is 1. The van der Waals surface area contributed by atoms with Crippen LogP contribution in [-0.2, 0) is 11.2 Å². The standard InChI is InChI=1S/C22H36N6O3/c1-4-23-22(25-19-12-15-27(16-13-19)17-21(29)26(2)3)24-14-6-5-7-18-8-10-20(11-9-18)28(30)31/h8-11,19H,4-7,12-17H2,1-3H3,(H2,23,24,25). The van der Waals surface area contributed by atoms with Crippen molar-refractivity contribution < 1.29 is 9.72 Å². The van der Waals surface area contributed by atoms with E-state index in [0.29, 0.717) is 12.6 Å². The smallest absolute Gasteiger partial charge is 0.269 e. The molecule has 2 N–H and O–H groups in total. The molecular formula is C22H36N6O3. The molecule has 0 saturated carbocycles. The Morgan fingerprint density at radius 1 is 1.23 bits per heavy atom. The Morgan fingerprint density at radius 3 is 2.48 bits per heavy atom. The van der Waals surface area contributed by atoms with Gasteiger partial charge in [0.2, 0.25) is 5.91 Å². The van der Waals surface area contributed by atoms with E-state index in [1.165, 1.54) is 0 Å². The van der Waals surface area contributed by atoms with Crippen LogP contribution in [0.3, 0.4) is 0 Å². The van der Waals surface area contributed by atoms with E-state index in [1.54, 1.807) is 31.1 Å². The summed E-state index contributed by atoms with van der Waals surface area (Å²) in [5.74, 6) is 0.996. The van der Waals surface area contributed by atoms with E-state index in [4.69, 9.17) is 4.99 Å². The van der Waals surface area contributed by atoms with Crippen LogP contribution in [0.4, 0.5) is 5.69 Å². The number of guanidine groups is 1. The number of likely N-dealkylation sites (N-methyl/N-ethyl adjacent to an activating group) is 1. The Bertz CT molecular complexity index is 727. The number of benzene rings is 1. The molecule has 1 heterocycles. The number of carbonyl (C=O) groups excluding carboxylic acids is 1. The predicted octanol–water partition coefficient (Wildman–Crippen LogP) is 2.03. The highest BCUT2D eigenvalue weighted by Gasteiger charge is 2.21. The van der Waals surface area contributed by atoms with Crippen molar-refractivity contribution in [3.63, 3.8) is 0 Å². The van der Waals surface area contributed by atoms with Gasteiger partial charge < -0.3 is 15.5 Å². The lowest BCUT2D eigenvalue weighted by Gasteiger charge is -2.33. The third-order valence-corrected chi connectivity index (χ3v) is 5.42. The molecule has 1 aromatic carbocycles. The molecule has 0 aromatic heterocycles. The molecule has 0 aliphatic carbocycles. The number of hydrogen-bond acceptors (Lipinski definition) is 5. The summed E-state index contributed by atoms with van der Waals surface area (Å²) < 4.78 is 0. The number of nitro benzene ring substituents is 1. The fourth-order valence-corrected chi connectivity index (χ4v) is 3.50. The summed E-state index contributed by atoms with van der Waals surface area (Å²) in [4.78, 5) is 30.8. The lowest BCUT2D eigenvalue weighted by atomic mass is 10.1. The molecule has 1 aromatic rings. The Hall–Kier alpha value is -2.68. The highest BCUT2D eigenvalue weighted by atomic mass is 16.6. The first-order chi connectivity index (χ1) is 14.9. The fraction of sp³-hybridized carbons (Fsp3) is 0.636. The third-order valence-electron chi connectivity index (χ3n) is 5.42. The van der Waals surface area contributed by atoms with Gasteiger partial charge in [0.25, 0.3) is 5.69 Å². The molecule has 2 rings (SSSR count). The molecule has 1 aliphatic heterocycles. The number of non-ortho nitro benzene ring substituents is 1. The first kappa shape index (κ1) is 24.6. The number of likely N-dealkylation sites (tertiary alicyclic amines) is 1. The second-order valence-electron chi connectivity index (χ2n) is 8.12. The Labute approximate surface area is 185 Å². The maximum atomic E-state index is 11.9. The van der Waals surface area contributed by atoms with Crippen molar-refractivity contribution in [2.45, 2.75) is 45.1 Å². The molecule has 0 spiro atoms. The van der Waals surface area contributed by atoms with Gasteiger partial charge in [0.05, 0.1) is 11.5 Å². The lowest BCUT2D eigenvalue weighted by Crippen LogP contribution is -2.50. The quantitative estimate of drug-likeness (QED) is 0.193. The molecule has 0 radical (unpaired) electrons. The predicted molar refractivity (Wildman–Crippen MR) is 123 cm³/mol. The highest BCUT2D eigenvalue weighted by molar-refractivity contribution is 5.80. The van der Waals surface area contributed by atoms with Gasteiger partial charge >= 0.3 is 0 Å². The largest absolute Gasteiger partial charge is 0.357 e. The number of aliphatic imine (C=N–C) groups is 1. The van der Waals surface area contributed by atoms with Gasteiger partial charge in [-0.15, -0.1) is 0 Å². The summed E-state index contributed by atoms with van der Waals surface area (Å²) in [5.41, 5.74) is 1.24. The summed E-state index contributed by atoms with van der Waals surface area (Å²) in [7, 11) is 3.59. The van der Waals surface area contributed by atoms with Crippen LogP contribution >= 0.6 is 0 Å². The van der Waals surface area contributed by atoms with Crippen molar-refractivity contribution in [3.8, 4) is 0 Å². The topological polar surface area (TPSA) is 103 Å². The Balaban J connectivity index is 1.70. The number of amides is 1. The van der Waals surface area contributed by atoms with Crippen LogP contribution in [0.5, 0.6) is 0 Å². The van der Waals surface area contributed by atoms with E-state index >= 15 is 0 Å². The number of aryl methyl sites for hydroxylation is 1. The normalized spacial score (nSPS) is 15.5. The van der Waals surface area contributed by atoms with Gasteiger partial charge in [-0.2, -0.15) is 0 Å². The first-order valence-electron chi connectivity index (χ1n) is 11.1.